The second kappa shape index (κ2) is 2.58. The van der Waals surface area contributed by atoms with Crippen molar-refractivity contribution in [1.29, 1.82) is 0 Å². The van der Waals surface area contributed by atoms with Gasteiger partial charge in [-0.3, -0.25) is 7.58 Å². The number of imidazole rings is 1. The van der Waals surface area contributed by atoms with Crippen molar-refractivity contribution in [2.45, 2.75) is 18.8 Å². The maximum Gasteiger partial charge on any atom is 0.170 e. The first-order valence-corrected chi connectivity index (χ1v) is 4.48. The quantitative estimate of drug-likeness (QED) is 0.601. The molecule has 3 nitrogen and oxygen atoms in total. The van der Waals surface area contributed by atoms with Gasteiger partial charge in [0, 0.05) is 12.1 Å². The zero-order chi connectivity index (χ0) is 7.84. The molecule has 1 aromatic heterocycles. The average molecular weight is 262 g/mol. The standard InChI is InChI=1S/C7H7IN2O/c8-10-3-6(4-11)9-7(10)5-1-2-5/h3-5H,1-2H2. The van der Waals surface area contributed by atoms with E-state index in [1.807, 2.05) is 2.78 Å². The molecular formula is C7H7IN2O. The Balaban J connectivity index is 2.37. The van der Waals surface area contributed by atoms with Gasteiger partial charge in [0.2, 0.25) is 0 Å². The lowest BCUT2D eigenvalue weighted by Crippen LogP contribution is -1.87. The molecule has 0 aromatic carbocycles. The summed E-state index contributed by atoms with van der Waals surface area (Å²) in [5.41, 5.74) is 0.543. The summed E-state index contributed by atoms with van der Waals surface area (Å²) in [5.74, 6) is 1.66. The van der Waals surface area contributed by atoms with E-state index in [0.29, 0.717) is 11.6 Å². The van der Waals surface area contributed by atoms with Gasteiger partial charge in [-0.25, -0.2) is 4.98 Å². The molecule has 0 saturated heterocycles. The Morgan fingerprint density at radius 2 is 2.45 bits per heavy atom. The molecule has 1 saturated carbocycles. The third-order valence-corrected chi connectivity index (χ3v) is 2.54. The lowest BCUT2D eigenvalue weighted by Gasteiger charge is -1.92. The van der Waals surface area contributed by atoms with E-state index in [1.165, 1.54) is 12.8 Å². The van der Waals surface area contributed by atoms with Crippen LogP contribution >= 0.6 is 22.9 Å². The Hall–Kier alpha value is -0.390. The summed E-state index contributed by atoms with van der Waals surface area (Å²) in [5, 5.41) is 0. The van der Waals surface area contributed by atoms with Crippen LogP contribution in [0.5, 0.6) is 0 Å². The number of halogens is 1. The van der Waals surface area contributed by atoms with Gasteiger partial charge in [-0.05, 0) is 12.8 Å². The first-order valence-electron chi connectivity index (χ1n) is 3.52. The molecule has 0 aliphatic heterocycles. The molecule has 1 aliphatic carbocycles. The summed E-state index contributed by atoms with van der Waals surface area (Å²) in [7, 11) is 0. The van der Waals surface area contributed by atoms with Crippen molar-refractivity contribution in [3.63, 3.8) is 0 Å². The summed E-state index contributed by atoms with van der Waals surface area (Å²) in [6.45, 7) is 0. The average Bonchev–Trinajstić information content (AvgIpc) is 2.76. The molecule has 0 amide bonds. The topological polar surface area (TPSA) is 34.9 Å². The summed E-state index contributed by atoms with van der Waals surface area (Å²) >= 11 is 2.16. The van der Waals surface area contributed by atoms with E-state index in [0.717, 1.165) is 12.1 Å². The van der Waals surface area contributed by atoms with E-state index in [1.54, 1.807) is 6.20 Å². The summed E-state index contributed by atoms with van der Waals surface area (Å²) in [6.07, 6.45) is 5.00. The van der Waals surface area contributed by atoms with Gasteiger partial charge in [0.15, 0.2) is 6.29 Å². The number of rotatable bonds is 2. The zero-order valence-corrected chi connectivity index (χ0v) is 7.98. The van der Waals surface area contributed by atoms with Crippen LogP contribution in [0.2, 0.25) is 0 Å². The van der Waals surface area contributed by atoms with Crippen LogP contribution in [0, 0.1) is 0 Å². The molecule has 4 heteroatoms. The monoisotopic (exact) mass is 262 g/mol. The number of aldehydes is 1. The summed E-state index contributed by atoms with van der Waals surface area (Å²) in [4.78, 5) is 14.5. The fourth-order valence-corrected chi connectivity index (χ4v) is 1.84. The highest BCUT2D eigenvalue weighted by atomic mass is 127. The molecule has 58 valence electrons. The van der Waals surface area contributed by atoms with Gasteiger partial charge in [0.05, 0.1) is 22.9 Å². The van der Waals surface area contributed by atoms with E-state index in [-0.39, 0.29) is 0 Å². The molecule has 0 unspecified atom stereocenters. The third-order valence-electron chi connectivity index (χ3n) is 1.77. The molecule has 0 N–H and O–H groups in total. The lowest BCUT2D eigenvalue weighted by atomic mass is 10.4. The van der Waals surface area contributed by atoms with Crippen LogP contribution in [-0.2, 0) is 0 Å². The van der Waals surface area contributed by atoms with Crippen molar-refractivity contribution in [2.24, 2.45) is 0 Å². The first-order chi connectivity index (χ1) is 5.31. The van der Waals surface area contributed by atoms with Crippen molar-refractivity contribution >= 4 is 29.2 Å². The van der Waals surface area contributed by atoms with Crippen LogP contribution in [0.1, 0.15) is 35.1 Å². The Bertz CT molecular complexity index is 291. The predicted molar refractivity (Wildman–Crippen MR) is 49.0 cm³/mol. The maximum absolute atomic E-state index is 10.3. The number of carbonyl (C=O) groups is 1. The smallest absolute Gasteiger partial charge is 0.170 e. The fraction of sp³-hybridized carbons (Fsp3) is 0.429. The van der Waals surface area contributed by atoms with Crippen LogP contribution in [0.25, 0.3) is 0 Å². The second-order valence-electron chi connectivity index (χ2n) is 2.73. The SMILES string of the molecule is O=Cc1cn(I)c(C2CC2)n1. The van der Waals surface area contributed by atoms with Gasteiger partial charge < -0.3 is 0 Å². The van der Waals surface area contributed by atoms with Crippen molar-refractivity contribution in [2.75, 3.05) is 0 Å². The van der Waals surface area contributed by atoms with Gasteiger partial charge in [-0.2, -0.15) is 0 Å². The number of hydrogen-bond donors (Lipinski definition) is 0. The molecule has 0 atom stereocenters. The summed E-state index contributed by atoms with van der Waals surface area (Å²) < 4.78 is 1.92. The van der Waals surface area contributed by atoms with Crippen LogP contribution < -0.4 is 0 Å². The molecule has 2 rings (SSSR count). The van der Waals surface area contributed by atoms with Crippen molar-refractivity contribution < 1.29 is 4.79 Å². The van der Waals surface area contributed by atoms with Crippen LogP contribution in [0.15, 0.2) is 6.20 Å². The van der Waals surface area contributed by atoms with Crippen molar-refractivity contribution in [3.05, 3.63) is 17.7 Å². The molecule has 0 bridgehead atoms. The second-order valence-corrected chi connectivity index (χ2v) is 3.77. The van der Waals surface area contributed by atoms with E-state index in [2.05, 4.69) is 27.8 Å². The maximum atomic E-state index is 10.3. The number of aromatic nitrogens is 2. The number of hydrogen-bond acceptors (Lipinski definition) is 2. The third kappa shape index (κ3) is 1.31. The van der Waals surface area contributed by atoms with Crippen LogP contribution in [-0.4, -0.2) is 14.1 Å². The minimum atomic E-state index is 0.543. The molecular weight excluding hydrogens is 255 g/mol. The normalized spacial score (nSPS) is 16.8. The minimum Gasteiger partial charge on any atom is -0.296 e. The first kappa shape index (κ1) is 7.27. The summed E-state index contributed by atoms with van der Waals surface area (Å²) in [6, 6.07) is 0. The van der Waals surface area contributed by atoms with E-state index < -0.39 is 0 Å². The highest BCUT2D eigenvalue weighted by Crippen LogP contribution is 2.39. The fourth-order valence-electron chi connectivity index (χ4n) is 1.06. The largest absolute Gasteiger partial charge is 0.296 e. The van der Waals surface area contributed by atoms with Gasteiger partial charge in [-0.15, -0.1) is 0 Å². The Morgan fingerprint density at radius 1 is 1.73 bits per heavy atom. The van der Waals surface area contributed by atoms with Gasteiger partial charge in [-0.1, -0.05) is 0 Å². The molecule has 0 spiro atoms. The van der Waals surface area contributed by atoms with Gasteiger partial charge in [0.25, 0.3) is 0 Å². The number of carbonyl (C=O) groups excluding carboxylic acids is 1. The Labute approximate surface area is 78.3 Å². The van der Waals surface area contributed by atoms with Crippen LogP contribution in [0.3, 0.4) is 0 Å². The highest BCUT2D eigenvalue weighted by Gasteiger charge is 2.28. The molecule has 1 fully saturated rings. The van der Waals surface area contributed by atoms with E-state index in [4.69, 9.17) is 0 Å². The van der Waals surface area contributed by atoms with Crippen molar-refractivity contribution in [1.82, 2.24) is 7.76 Å². The minimum absolute atomic E-state index is 0.543. The molecule has 0 radical (unpaired) electrons. The Kier molecular flexibility index (Phi) is 1.71. The zero-order valence-electron chi connectivity index (χ0n) is 5.83. The Morgan fingerprint density at radius 3 is 2.91 bits per heavy atom. The molecule has 1 heterocycles. The van der Waals surface area contributed by atoms with E-state index >= 15 is 0 Å². The number of nitrogens with zero attached hydrogens (tertiary/aromatic N) is 2. The van der Waals surface area contributed by atoms with Crippen LogP contribution in [0.4, 0.5) is 0 Å². The molecule has 11 heavy (non-hydrogen) atoms. The molecule has 1 aliphatic rings. The lowest BCUT2D eigenvalue weighted by molar-refractivity contribution is 0.111. The molecule has 1 aromatic rings. The van der Waals surface area contributed by atoms with Gasteiger partial charge >= 0.3 is 0 Å². The van der Waals surface area contributed by atoms with Gasteiger partial charge in [0.1, 0.15) is 11.5 Å². The van der Waals surface area contributed by atoms with Crippen molar-refractivity contribution in [3.8, 4) is 0 Å². The highest BCUT2D eigenvalue weighted by molar-refractivity contribution is 14.1. The predicted octanol–water partition coefficient (Wildman–Crippen LogP) is 1.77. The van der Waals surface area contributed by atoms with E-state index in [9.17, 15) is 4.79 Å².